The highest BCUT2D eigenvalue weighted by atomic mass is 16.2. The molecular formula is C19H23N3O. The zero-order valence-corrected chi connectivity index (χ0v) is 13.3. The van der Waals surface area contributed by atoms with Crippen molar-refractivity contribution < 1.29 is 4.79 Å². The number of nitrogen functional groups attached to an aromatic ring is 1. The molecule has 1 amide bonds. The zero-order valence-electron chi connectivity index (χ0n) is 13.3. The second-order valence-corrected chi connectivity index (χ2v) is 5.99. The summed E-state index contributed by atoms with van der Waals surface area (Å²) in [7, 11) is 0. The Hall–Kier alpha value is -2.33. The summed E-state index contributed by atoms with van der Waals surface area (Å²) >= 11 is 0. The van der Waals surface area contributed by atoms with E-state index in [-0.39, 0.29) is 5.91 Å². The molecule has 2 N–H and O–H groups in total. The van der Waals surface area contributed by atoms with Gasteiger partial charge in [-0.15, -0.1) is 0 Å². The van der Waals surface area contributed by atoms with Crippen molar-refractivity contribution in [3.63, 3.8) is 0 Å². The Morgan fingerprint density at radius 1 is 0.957 bits per heavy atom. The summed E-state index contributed by atoms with van der Waals surface area (Å²) in [6.45, 7) is 4.47. The van der Waals surface area contributed by atoms with Crippen LogP contribution < -0.4 is 5.73 Å². The Labute approximate surface area is 137 Å². The third-order valence-electron chi connectivity index (χ3n) is 4.35. The van der Waals surface area contributed by atoms with Gasteiger partial charge in [0.2, 0.25) is 0 Å². The topological polar surface area (TPSA) is 49.6 Å². The van der Waals surface area contributed by atoms with Crippen LogP contribution >= 0.6 is 0 Å². The highest BCUT2D eigenvalue weighted by molar-refractivity contribution is 5.95. The van der Waals surface area contributed by atoms with Crippen molar-refractivity contribution in [1.82, 2.24) is 9.80 Å². The summed E-state index contributed by atoms with van der Waals surface area (Å²) in [5, 5.41) is 0. The van der Waals surface area contributed by atoms with Gasteiger partial charge in [-0.2, -0.15) is 0 Å². The van der Waals surface area contributed by atoms with E-state index in [1.165, 1.54) is 5.56 Å². The molecule has 4 nitrogen and oxygen atoms in total. The number of benzene rings is 2. The lowest BCUT2D eigenvalue weighted by Crippen LogP contribution is -2.49. The van der Waals surface area contributed by atoms with Crippen LogP contribution in [0, 0.1) is 0 Å². The lowest BCUT2D eigenvalue weighted by atomic mass is 10.1. The van der Waals surface area contributed by atoms with Crippen LogP contribution in [0.4, 0.5) is 5.69 Å². The second-order valence-electron chi connectivity index (χ2n) is 5.99. The molecule has 0 aliphatic carbocycles. The number of carbonyl (C=O) groups is 1. The van der Waals surface area contributed by atoms with Gasteiger partial charge in [0.15, 0.2) is 0 Å². The molecular weight excluding hydrogens is 286 g/mol. The van der Waals surface area contributed by atoms with Gasteiger partial charge >= 0.3 is 0 Å². The first-order valence-corrected chi connectivity index (χ1v) is 8.13. The monoisotopic (exact) mass is 309 g/mol. The van der Waals surface area contributed by atoms with Gasteiger partial charge in [0.25, 0.3) is 5.91 Å². The summed E-state index contributed by atoms with van der Waals surface area (Å²) in [6.07, 6.45) is 1.06. The number of rotatable bonds is 4. The minimum atomic E-state index is 0.0833. The number of amides is 1. The molecule has 23 heavy (non-hydrogen) atoms. The standard InChI is InChI=1S/C19H23N3O/c20-18-8-4-7-17(15-18)19(23)22-13-11-21(12-14-22)10-9-16-5-2-1-3-6-16/h1-8,15H,9-14,20H2. The average Bonchev–Trinajstić information content (AvgIpc) is 2.61. The van der Waals surface area contributed by atoms with E-state index in [1.807, 2.05) is 23.1 Å². The first-order chi connectivity index (χ1) is 11.2. The van der Waals surface area contributed by atoms with Gasteiger partial charge in [-0.1, -0.05) is 36.4 Å². The van der Waals surface area contributed by atoms with Gasteiger partial charge in [0.1, 0.15) is 0 Å². The Morgan fingerprint density at radius 3 is 2.39 bits per heavy atom. The molecule has 1 fully saturated rings. The summed E-state index contributed by atoms with van der Waals surface area (Å²) < 4.78 is 0. The highest BCUT2D eigenvalue weighted by Crippen LogP contribution is 2.12. The molecule has 0 spiro atoms. The predicted molar refractivity (Wildman–Crippen MR) is 93.3 cm³/mol. The average molecular weight is 309 g/mol. The van der Waals surface area contributed by atoms with Crippen LogP contribution in [-0.4, -0.2) is 48.4 Å². The summed E-state index contributed by atoms with van der Waals surface area (Å²) in [5.74, 6) is 0.0833. The van der Waals surface area contributed by atoms with E-state index in [0.29, 0.717) is 11.3 Å². The Balaban J connectivity index is 1.49. The van der Waals surface area contributed by atoms with E-state index in [9.17, 15) is 4.79 Å². The zero-order chi connectivity index (χ0) is 16.1. The Bertz CT molecular complexity index is 649. The molecule has 4 heteroatoms. The molecule has 1 aliphatic heterocycles. The fourth-order valence-electron chi connectivity index (χ4n) is 2.96. The van der Waals surface area contributed by atoms with Crippen LogP contribution in [0.3, 0.4) is 0 Å². The van der Waals surface area contributed by atoms with Gasteiger partial charge in [-0.05, 0) is 30.2 Å². The van der Waals surface area contributed by atoms with Gasteiger partial charge in [0, 0.05) is 44.0 Å². The molecule has 0 aromatic heterocycles. The number of nitrogens with two attached hydrogens (primary N) is 1. The van der Waals surface area contributed by atoms with Crippen molar-refractivity contribution in [2.75, 3.05) is 38.5 Å². The Kier molecular flexibility index (Phi) is 4.93. The normalized spacial score (nSPS) is 15.6. The third kappa shape index (κ3) is 4.11. The summed E-state index contributed by atoms with van der Waals surface area (Å²) in [5.41, 5.74) is 8.45. The van der Waals surface area contributed by atoms with E-state index in [4.69, 9.17) is 5.73 Å². The van der Waals surface area contributed by atoms with Crippen molar-refractivity contribution in [2.45, 2.75) is 6.42 Å². The van der Waals surface area contributed by atoms with Crippen molar-refractivity contribution in [3.05, 3.63) is 65.7 Å². The van der Waals surface area contributed by atoms with Gasteiger partial charge < -0.3 is 10.6 Å². The lowest BCUT2D eigenvalue weighted by Gasteiger charge is -2.34. The summed E-state index contributed by atoms with van der Waals surface area (Å²) in [6, 6.07) is 17.8. The van der Waals surface area contributed by atoms with Crippen LogP contribution in [0.1, 0.15) is 15.9 Å². The number of hydrogen-bond donors (Lipinski definition) is 1. The molecule has 1 saturated heterocycles. The molecule has 1 aliphatic rings. The molecule has 0 atom stereocenters. The smallest absolute Gasteiger partial charge is 0.254 e. The van der Waals surface area contributed by atoms with Crippen molar-refractivity contribution in [2.24, 2.45) is 0 Å². The maximum atomic E-state index is 12.5. The largest absolute Gasteiger partial charge is 0.399 e. The fraction of sp³-hybridized carbons (Fsp3) is 0.316. The molecule has 2 aromatic carbocycles. The molecule has 0 unspecified atom stereocenters. The van der Waals surface area contributed by atoms with Gasteiger partial charge in [-0.25, -0.2) is 0 Å². The van der Waals surface area contributed by atoms with Crippen molar-refractivity contribution in [3.8, 4) is 0 Å². The molecule has 0 radical (unpaired) electrons. The first-order valence-electron chi connectivity index (χ1n) is 8.13. The SMILES string of the molecule is Nc1cccc(C(=O)N2CCN(CCc3ccccc3)CC2)c1. The van der Waals surface area contributed by atoms with E-state index in [1.54, 1.807) is 12.1 Å². The van der Waals surface area contributed by atoms with Crippen LogP contribution in [-0.2, 0) is 6.42 Å². The van der Waals surface area contributed by atoms with Crippen molar-refractivity contribution in [1.29, 1.82) is 0 Å². The third-order valence-corrected chi connectivity index (χ3v) is 4.35. The Morgan fingerprint density at radius 2 is 1.70 bits per heavy atom. The van der Waals surface area contributed by atoms with E-state index in [2.05, 4.69) is 29.2 Å². The fourth-order valence-corrected chi connectivity index (χ4v) is 2.96. The van der Waals surface area contributed by atoms with Crippen LogP contribution in [0.15, 0.2) is 54.6 Å². The van der Waals surface area contributed by atoms with Crippen molar-refractivity contribution >= 4 is 11.6 Å². The van der Waals surface area contributed by atoms with Gasteiger partial charge in [0.05, 0.1) is 0 Å². The minimum Gasteiger partial charge on any atom is -0.399 e. The predicted octanol–water partition coefficient (Wildman–Crippen LogP) is 2.27. The molecule has 1 heterocycles. The number of piperazine rings is 1. The van der Waals surface area contributed by atoms with E-state index >= 15 is 0 Å². The second kappa shape index (κ2) is 7.29. The number of carbonyl (C=O) groups excluding carboxylic acids is 1. The first kappa shape index (κ1) is 15.6. The molecule has 2 aromatic rings. The van der Waals surface area contributed by atoms with E-state index in [0.717, 1.165) is 39.1 Å². The minimum absolute atomic E-state index is 0.0833. The molecule has 120 valence electrons. The van der Waals surface area contributed by atoms with Crippen LogP contribution in [0.2, 0.25) is 0 Å². The summed E-state index contributed by atoms with van der Waals surface area (Å²) in [4.78, 5) is 16.8. The lowest BCUT2D eigenvalue weighted by molar-refractivity contribution is 0.0638. The maximum Gasteiger partial charge on any atom is 0.254 e. The number of hydrogen-bond acceptors (Lipinski definition) is 3. The number of nitrogens with zero attached hydrogens (tertiary/aromatic N) is 2. The molecule has 0 saturated carbocycles. The maximum absolute atomic E-state index is 12.5. The van der Waals surface area contributed by atoms with Gasteiger partial charge in [-0.3, -0.25) is 9.69 Å². The van der Waals surface area contributed by atoms with E-state index < -0.39 is 0 Å². The highest BCUT2D eigenvalue weighted by Gasteiger charge is 2.21. The molecule has 0 bridgehead atoms. The van der Waals surface area contributed by atoms with Crippen LogP contribution in [0.25, 0.3) is 0 Å². The molecule has 3 rings (SSSR count). The van der Waals surface area contributed by atoms with Crippen LogP contribution in [0.5, 0.6) is 0 Å². The quantitative estimate of drug-likeness (QED) is 0.882. The number of anilines is 1.